The third-order valence-corrected chi connectivity index (χ3v) is 4.52. The molecule has 1 aromatic carbocycles. The molecule has 0 aliphatic carbocycles. The quantitative estimate of drug-likeness (QED) is 0.841. The normalized spacial score (nSPS) is 19.1. The van der Waals surface area contributed by atoms with Gasteiger partial charge in [0.25, 0.3) is 5.91 Å². The molecule has 0 bridgehead atoms. The van der Waals surface area contributed by atoms with Crippen molar-refractivity contribution in [2.24, 2.45) is 7.05 Å². The van der Waals surface area contributed by atoms with E-state index in [1.807, 2.05) is 13.1 Å². The number of rotatable bonds is 5. The SMILES string of the molecule is Cn1nnc2cc(C(=O)NCCN3CCCC[C@@H]3CO)ccc21. The average Bonchev–Trinajstić information content (AvgIpc) is 2.96. The Bertz CT molecular complexity index is 684. The predicted molar refractivity (Wildman–Crippen MR) is 87.1 cm³/mol. The lowest BCUT2D eigenvalue weighted by Gasteiger charge is -2.34. The molecular weight excluding hydrogens is 294 g/mol. The number of piperidine rings is 1. The van der Waals surface area contributed by atoms with E-state index in [9.17, 15) is 9.90 Å². The number of nitrogens with one attached hydrogen (secondary N) is 1. The zero-order valence-corrected chi connectivity index (χ0v) is 13.4. The van der Waals surface area contributed by atoms with Crippen molar-refractivity contribution in [3.05, 3.63) is 23.8 Å². The number of carbonyl (C=O) groups excluding carboxylic acids is 1. The van der Waals surface area contributed by atoms with Gasteiger partial charge in [0.05, 0.1) is 12.1 Å². The van der Waals surface area contributed by atoms with E-state index in [4.69, 9.17) is 0 Å². The van der Waals surface area contributed by atoms with Crippen LogP contribution in [0.4, 0.5) is 0 Å². The van der Waals surface area contributed by atoms with Gasteiger partial charge in [-0.1, -0.05) is 11.6 Å². The molecule has 0 spiro atoms. The average molecular weight is 317 g/mol. The summed E-state index contributed by atoms with van der Waals surface area (Å²) in [5.41, 5.74) is 2.22. The van der Waals surface area contributed by atoms with Crippen molar-refractivity contribution in [3.63, 3.8) is 0 Å². The highest BCUT2D eigenvalue weighted by atomic mass is 16.3. The number of aromatic nitrogens is 3. The highest BCUT2D eigenvalue weighted by Gasteiger charge is 2.21. The lowest BCUT2D eigenvalue weighted by molar-refractivity contribution is 0.0849. The van der Waals surface area contributed by atoms with Gasteiger partial charge in [-0.05, 0) is 37.6 Å². The lowest BCUT2D eigenvalue weighted by atomic mass is 10.0. The highest BCUT2D eigenvalue weighted by molar-refractivity contribution is 5.97. The standard InChI is InChI=1S/C16H23N5O2/c1-20-15-6-5-12(10-14(15)18-19-20)16(23)17-7-9-21-8-3-2-4-13(21)11-22/h5-6,10,13,22H,2-4,7-9,11H2,1H3,(H,17,23)/t13-/m1/s1. The summed E-state index contributed by atoms with van der Waals surface area (Å²) in [5.74, 6) is -0.102. The van der Waals surface area contributed by atoms with Crippen molar-refractivity contribution in [1.29, 1.82) is 0 Å². The van der Waals surface area contributed by atoms with Crippen LogP contribution in [0.25, 0.3) is 11.0 Å². The number of amides is 1. The number of carbonyl (C=O) groups is 1. The molecule has 7 heteroatoms. The molecule has 124 valence electrons. The first-order chi connectivity index (χ1) is 11.2. The second-order valence-corrected chi connectivity index (χ2v) is 6.04. The summed E-state index contributed by atoms with van der Waals surface area (Å²) in [4.78, 5) is 14.5. The molecule has 1 aliphatic rings. The molecular formula is C16H23N5O2. The van der Waals surface area contributed by atoms with Crippen molar-refractivity contribution in [3.8, 4) is 0 Å². The Morgan fingerprint density at radius 1 is 1.43 bits per heavy atom. The second kappa shape index (κ2) is 7.06. The minimum absolute atomic E-state index is 0.102. The number of aryl methyl sites for hydroxylation is 1. The fourth-order valence-electron chi connectivity index (χ4n) is 3.16. The minimum atomic E-state index is -0.102. The molecule has 1 amide bonds. The van der Waals surface area contributed by atoms with Gasteiger partial charge in [-0.3, -0.25) is 9.69 Å². The summed E-state index contributed by atoms with van der Waals surface area (Å²) in [6.45, 7) is 2.53. The maximum absolute atomic E-state index is 12.3. The molecule has 7 nitrogen and oxygen atoms in total. The molecule has 2 heterocycles. The van der Waals surface area contributed by atoms with Gasteiger partial charge < -0.3 is 10.4 Å². The van der Waals surface area contributed by atoms with Crippen LogP contribution < -0.4 is 5.32 Å². The Hall–Kier alpha value is -1.99. The lowest BCUT2D eigenvalue weighted by Crippen LogP contribution is -2.45. The van der Waals surface area contributed by atoms with Crippen LogP contribution in [0.5, 0.6) is 0 Å². The molecule has 3 rings (SSSR count). The molecule has 1 fully saturated rings. The molecule has 23 heavy (non-hydrogen) atoms. The Kier molecular flexibility index (Phi) is 4.88. The monoisotopic (exact) mass is 317 g/mol. The van der Waals surface area contributed by atoms with Crippen molar-refractivity contribution in [2.45, 2.75) is 25.3 Å². The summed E-state index contributed by atoms with van der Waals surface area (Å²) >= 11 is 0. The van der Waals surface area contributed by atoms with Crippen molar-refractivity contribution >= 4 is 16.9 Å². The third kappa shape index (κ3) is 3.51. The molecule has 1 aliphatic heterocycles. The maximum atomic E-state index is 12.3. The van der Waals surface area contributed by atoms with Crippen LogP contribution in [0.2, 0.25) is 0 Å². The Morgan fingerprint density at radius 3 is 3.13 bits per heavy atom. The number of hydrogen-bond donors (Lipinski definition) is 2. The van der Waals surface area contributed by atoms with E-state index in [1.165, 1.54) is 6.42 Å². The van der Waals surface area contributed by atoms with Crippen molar-refractivity contribution in [2.75, 3.05) is 26.2 Å². The molecule has 0 radical (unpaired) electrons. The van der Waals surface area contributed by atoms with Gasteiger partial charge in [0.15, 0.2) is 0 Å². The van der Waals surface area contributed by atoms with Crippen LogP contribution in [0.1, 0.15) is 29.6 Å². The van der Waals surface area contributed by atoms with Crippen LogP contribution in [0, 0.1) is 0 Å². The fraction of sp³-hybridized carbons (Fsp3) is 0.562. The van der Waals surface area contributed by atoms with E-state index in [0.717, 1.165) is 37.0 Å². The topological polar surface area (TPSA) is 83.3 Å². The zero-order valence-electron chi connectivity index (χ0n) is 13.4. The summed E-state index contributed by atoms with van der Waals surface area (Å²) < 4.78 is 1.68. The van der Waals surface area contributed by atoms with Gasteiger partial charge in [-0.2, -0.15) is 0 Å². The number of fused-ring (bicyclic) bond motifs is 1. The number of benzene rings is 1. The van der Waals surface area contributed by atoms with Gasteiger partial charge >= 0.3 is 0 Å². The highest BCUT2D eigenvalue weighted by Crippen LogP contribution is 2.16. The zero-order chi connectivity index (χ0) is 16.2. The van der Waals surface area contributed by atoms with Gasteiger partial charge in [0, 0.05) is 31.7 Å². The Morgan fingerprint density at radius 2 is 2.30 bits per heavy atom. The van der Waals surface area contributed by atoms with Crippen molar-refractivity contribution < 1.29 is 9.90 Å². The third-order valence-electron chi connectivity index (χ3n) is 4.52. The second-order valence-electron chi connectivity index (χ2n) is 6.04. The van der Waals surface area contributed by atoms with Crippen molar-refractivity contribution in [1.82, 2.24) is 25.2 Å². The molecule has 0 unspecified atom stereocenters. The van der Waals surface area contributed by atoms with Crippen LogP contribution in [-0.2, 0) is 7.05 Å². The van der Waals surface area contributed by atoms with Gasteiger partial charge in [-0.25, -0.2) is 4.68 Å². The summed E-state index contributed by atoms with van der Waals surface area (Å²) in [5, 5.41) is 20.3. The largest absolute Gasteiger partial charge is 0.395 e. The molecule has 1 atom stereocenters. The Balaban J connectivity index is 1.55. The van der Waals surface area contributed by atoms with E-state index in [1.54, 1.807) is 16.8 Å². The van der Waals surface area contributed by atoms with Crippen LogP contribution in [-0.4, -0.2) is 63.2 Å². The van der Waals surface area contributed by atoms with Gasteiger partial charge in [0.1, 0.15) is 5.52 Å². The number of aliphatic hydroxyl groups excluding tert-OH is 1. The smallest absolute Gasteiger partial charge is 0.251 e. The van der Waals surface area contributed by atoms with Crippen LogP contribution >= 0.6 is 0 Å². The summed E-state index contributed by atoms with van der Waals surface area (Å²) in [7, 11) is 1.82. The van der Waals surface area contributed by atoms with Gasteiger partial charge in [0.2, 0.25) is 0 Å². The van der Waals surface area contributed by atoms with Crippen LogP contribution in [0.15, 0.2) is 18.2 Å². The van der Waals surface area contributed by atoms with E-state index in [-0.39, 0.29) is 18.6 Å². The number of nitrogens with zero attached hydrogens (tertiary/aromatic N) is 4. The van der Waals surface area contributed by atoms with E-state index < -0.39 is 0 Å². The summed E-state index contributed by atoms with van der Waals surface area (Å²) in [6.07, 6.45) is 3.37. The first kappa shape index (κ1) is 15.9. The number of likely N-dealkylation sites (tertiary alicyclic amines) is 1. The predicted octanol–water partition coefficient (Wildman–Crippen LogP) is 0.545. The first-order valence-corrected chi connectivity index (χ1v) is 8.11. The molecule has 2 N–H and O–H groups in total. The first-order valence-electron chi connectivity index (χ1n) is 8.11. The number of hydrogen-bond acceptors (Lipinski definition) is 5. The molecule has 1 saturated heterocycles. The minimum Gasteiger partial charge on any atom is -0.395 e. The summed E-state index contributed by atoms with van der Waals surface area (Å²) in [6, 6.07) is 5.64. The molecule has 2 aromatic rings. The van der Waals surface area contributed by atoms with E-state index in [0.29, 0.717) is 12.1 Å². The fourth-order valence-corrected chi connectivity index (χ4v) is 3.16. The van der Waals surface area contributed by atoms with Gasteiger partial charge in [-0.15, -0.1) is 5.10 Å². The number of aliphatic hydroxyl groups is 1. The van der Waals surface area contributed by atoms with Crippen LogP contribution in [0.3, 0.4) is 0 Å². The van der Waals surface area contributed by atoms with E-state index in [2.05, 4.69) is 20.5 Å². The Labute approximate surface area is 135 Å². The molecule has 0 saturated carbocycles. The molecule has 1 aromatic heterocycles. The van der Waals surface area contributed by atoms with E-state index >= 15 is 0 Å². The maximum Gasteiger partial charge on any atom is 0.251 e.